The molecule has 3 rings (SSSR count). The van der Waals surface area contributed by atoms with Crippen LogP contribution >= 0.6 is 0 Å². The van der Waals surface area contributed by atoms with E-state index >= 15 is 0 Å². The monoisotopic (exact) mass is 374 g/mol. The van der Waals surface area contributed by atoms with E-state index in [9.17, 15) is 0 Å². The fourth-order valence-electron chi connectivity index (χ4n) is 4.42. The molecule has 27 heavy (non-hydrogen) atoms. The molecule has 0 radical (unpaired) electrons. The third-order valence-corrected chi connectivity index (χ3v) is 6.06. The van der Waals surface area contributed by atoms with Crippen molar-refractivity contribution in [2.45, 2.75) is 83.8 Å². The standard InChI is InChI=1S/C21H38N6/c1-3-22-21(24-12-6-7-14-26-17-13-23-18(26)2)25-19-10-15-27(16-11-19)20-8-4-5-9-20/h13,17,19-20H,3-12,14-16H2,1-2H3,(H2,22,24,25). The second-order valence-electron chi connectivity index (χ2n) is 8.03. The smallest absolute Gasteiger partial charge is 0.191 e. The van der Waals surface area contributed by atoms with E-state index in [0.717, 1.165) is 50.3 Å². The molecule has 2 heterocycles. The van der Waals surface area contributed by atoms with Crippen LogP contribution in [0.15, 0.2) is 17.4 Å². The van der Waals surface area contributed by atoms with Crippen LogP contribution in [0.1, 0.15) is 64.1 Å². The number of hydrogen-bond donors (Lipinski definition) is 2. The first-order valence-electron chi connectivity index (χ1n) is 11.0. The lowest BCUT2D eigenvalue weighted by atomic mass is 10.0. The molecular weight excluding hydrogens is 336 g/mol. The van der Waals surface area contributed by atoms with Crippen LogP contribution in [0, 0.1) is 6.92 Å². The van der Waals surface area contributed by atoms with Crippen molar-refractivity contribution in [2.24, 2.45) is 4.99 Å². The van der Waals surface area contributed by atoms with Crippen molar-refractivity contribution in [3.63, 3.8) is 0 Å². The fourth-order valence-corrected chi connectivity index (χ4v) is 4.42. The summed E-state index contributed by atoms with van der Waals surface area (Å²) in [6.07, 6.45) is 14.3. The normalized spacial score (nSPS) is 20.3. The summed E-state index contributed by atoms with van der Waals surface area (Å²) in [7, 11) is 0. The van der Waals surface area contributed by atoms with Gasteiger partial charge in [-0.15, -0.1) is 0 Å². The Morgan fingerprint density at radius 3 is 2.63 bits per heavy atom. The van der Waals surface area contributed by atoms with E-state index in [4.69, 9.17) is 4.99 Å². The number of aryl methyl sites for hydroxylation is 2. The van der Waals surface area contributed by atoms with Crippen LogP contribution < -0.4 is 10.6 Å². The van der Waals surface area contributed by atoms with E-state index in [1.165, 1.54) is 51.6 Å². The van der Waals surface area contributed by atoms with Gasteiger partial charge in [-0.05, 0) is 52.4 Å². The maximum Gasteiger partial charge on any atom is 0.191 e. The van der Waals surface area contributed by atoms with Crippen molar-refractivity contribution in [2.75, 3.05) is 26.2 Å². The molecule has 1 aromatic heterocycles. The number of unbranched alkanes of at least 4 members (excludes halogenated alkanes) is 1. The number of aliphatic imine (C=N–C) groups is 1. The first-order valence-corrected chi connectivity index (χ1v) is 11.0. The van der Waals surface area contributed by atoms with E-state index in [0.29, 0.717) is 6.04 Å². The van der Waals surface area contributed by atoms with Crippen LogP contribution in [0.2, 0.25) is 0 Å². The minimum absolute atomic E-state index is 0.564. The average Bonchev–Trinajstić information content (AvgIpc) is 3.34. The number of nitrogens with zero attached hydrogens (tertiary/aromatic N) is 4. The number of aromatic nitrogens is 2. The Morgan fingerprint density at radius 1 is 1.19 bits per heavy atom. The minimum Gasteiger partial charge on any atom is -0.357 e. The number of guanidine groups is 1. The summed E-state index contributed by atoms with van der Waals surface area (Å²) in [5.41, 5.74) is 0. The lowest BCUT2D eigenvalue weighted by molar-refractivity contribution is 0.150. The maximum absolute atomic E-state index is 4.80. The number of rotatable bonds is 8. The zero-order valence-electron chi connectivity index (χ0n) is 17.3. The number of likely N-dealkylation sites (tertiary alicyclic amines) is 1. The lowest BCUT2D eigenvalue weighted by Crippen LogP contribution is -2.50. The summed E-state index contributed by atoms with van der Waals surface area (Å²) in [5, 5.41) is 7.10. The van der Waals surface area contributed by atoms with Crippen LogP contribution in [0.5, 0.6) is 0 Å². The summed E-state index contributed by atoms with van der Waals surface area (Å²) in [4.78, 5) is 11.8. The van der Waals surface area contributed by atoms with Gasteiger partial charge in [0.05, 0.1) is 0 Å². The molecule has 0 amide bonds. The van der Waals surface area contributed by atoms with Gasteiger partial charge in [-0.2, -0.15) is 0 Å². The van der Waals surface area contributed by atoms with Crippen molar-refractivity contribution < 1.29 is 0 Å². The van der Waals surface area contributed by atoms with Gasteiger partial charge in [-0.3, -0.25) is 4.99 Å². The molecule has 2 aliphatic rings. The molecular formula is C21H38N6. The van der Waals surface area contributed by atoms with Crippen LogP contribution in [-0.4, -0.2) is 58.7 Å². The van der Waals surface area contributed by atoms with Crippen LogP contribution in [0.25, 0.3) is 0 Å². The van der Waals surface area contributed by atoms with Crippen molar-refractivity contribution in [3.8, 4) is 0 Å². The molecule has 2 fully saturated rings. The predicted molar refractivity (Wildman–Crippen MR) is 112 cm³/mol. The van der Waals surface area contributed by atoms with E-state index < -0.39 is 0 Å². The molecule has 0 aromatic carbocycles. The Morgan fingerprint density at radius 2 is 1.96 bits per heavy atom. The van der Waals surface area contributed by atoms with Gasteiger partial charge in [0.25, 0.3) is 0 Å². The molecule has 0 unspecified atom stereocenters. The molecule has 1 saturated heterocycles. The van der Waals surface area contributed by atoms with Crippen LogP contribution in [-0.2, 0) is 6.54 Å². The number of hydrogen-bond acceptors (Lipinski definition) is 3. The first kappa shape index (κ1) is 20.2. The summed E-state index contributed by atoms with van der Waals surface area (Å²) in [6, 6.07) is 1.43. The number of piperidine rings is 1. The zero-order valence-corrected chi connectivity index (χ0v) is 17.3. The molecule has 152 valence electrons. The SMILES string of the molecule is CCNC(=NCCCCn1ccnc1C)NC1CCN(C2CCCC2)CC1. The van der Waals surface area contributed by atoms with Gasteiger partial charge in [0.1, 0.15) is 5.82 Å². The van der Waals surface area contributed by atoms with Crippen LogP contribution in [0.3, 0.4) is 0 Å². The predicted octanol–water partition coefficient (Wildman–Crippen LogP) is 2.93. The fraction of sp³-hybridized carbons (Fsp3) is 0.810. The summed E-state index contributed by atoms with van der Waals surface area (Å²) < 4.78 is 2.21. The Hall–Kier alpha value is -1.56. The third-order valence-electron chi connectivity index (χ3n) is 6.06. The van der Waals surface area contributed by atoms with Crippen molar-refractivity contribution in [1.82, 2.24) is 25.1 Å². The molecule has 2 N–H and O–H groups in total. The van der Waals surface area contributed by atoms with Gasteiger partial charge < -0.3 is 20.1 Å². The summed E-state index contributed by atoms with van der Waals surface area (Å²) >= 11 is 0. The minimum atomic E-state index is 0.564. The van der Waals surface area contributed by atoms with Crippen molar-refractivity contribution >= 4 is 5.96 Å². The quantitative estimate of drug-likeness (QED) is 0.417. The third kappa shape index (κ3) is 6.23. The van der Waals surface area contributed by atoms with Gasteiger partial charge in [-0.1, -0.05) is 12.8 Å². The summed E-state index contributed by atoms with van der Waals surface area (Å²) in [5.74, 6) is 2.09. The van der Waals surface area contributed by atoms with E-state index in [-0.39, 0.29) is 0 Å². The Labute approximate surface area is 164 Å². The maximum atomic E-state index is 4.80. The first-order chi connectivity index (χ1) is 13.3. The largest absolute Gasteiger partial charge is 0.357 e. The van der Waals surface area contributed by atoms with Gasteiger partial charge >= 0.3 is 0 Å². The summed E-state index contributed by atoms with van der Waals surface area (Å²) in [6.45, 7) is 9.51. The number of imidazole rings is 1. The van der Waals surface area contributed by atoms with Gasteiger partial charge in [0.2, 0.25) is 0 Å². The topological polar surface area (TPSA) is 57.5 Å². The van der Waals surface area contributed by atoms with E-state index in [1.54, 1.807) is 0 Å². The van der Waals surface area contributed by atoms with Crippen molar-refractivity contribution in [1.29, 1.82) is 0 Å². The molecule has 0 spiro atoms. The lowest BCUT2D eigenvalue weighted by Gasteiger charge is -2.36. The van der Waals surface area contributed by atoms with Gasteiger partial charge in [-0.25, -0.2) is 4.98 Å². The molecule has 1 aliphatic heterocycles. The molecule has 1 aliphatic carbocycles. The molecule has 6 nitrogen and oxygen atoms in total. The number of nitrogens with one attached hydrogen (secondary N) is 2. The van der Waals surface area contributed by atoms with Gasteiger partial charge in [0.15, 0.2) is 5.96 Å². The highest BCUT2D eigenvalue weighted by Crippen LogP contribution is 2.26. The second kappa shape index (κ2) is 10.7. The van der Waals surface area contributed by atoms with E-state index in [1.807, 2.05) is 6.20 Å². The highest BCUT2D eigenvalue weighted by Gasteiger charge is 2.27. The molecule has 0 atom stereocenters. The van der Waals surface area contributed by atoms with Gasteiger partial charge in [0, 0.05) is 57.2 Å². The van der Waals surface area contributed by atoms with E-state index in [2.05, 4.69) is 45.1 Å². The Balaban J connectivity index is 1.36. The molecule has 1 aromatic rings. The van der Waals surface area contributed by atoms with Crippen LogP contribution in [0.4, 0.5) is 0 Å². The Kier molecular flexibility index (Phi) is 7.99. The molecule has 1 saturated carbocycles. The average molecular weight is 375 g/mol. The second-order valence-corrected chi connectivity index (χ2v) is 8.03. The van der Waals surface area contributed by atoms with Crippen molar-refractivity contribution in [3.05, 3.63) is 18.2 Å². The molecule has 0 bridgehead atoms. The highest BCUT2D eigenvalue weighted by molar-refractivity contribution is 5.80. The zero-order chi connectivity index (χ0) is 18.9. The Bertz CT molecular complexity index is 567. The molecule has 6 heteroatoms. The highest BCUT2D eigenvalue weighted by atomic mass is 15.2.